The predicted octanol–water partition coefficient (Wildman–Crippen LogP) is 0.959. The lowest BCUT2D eigenvalue weighted by atomic mass is 10.2. The molecule has 1 amide bonds. The molecular weight excluding hydrogens is 256 g/mol. The largest absolute Gasteiger partial charge is 0.444 e. The number of carbonyl (C=O) groups excluding carboxylic acids is 1. The number of alkyl carbamates (subject to hydrolysis) is 1. The minimum atomic E-state index is -3.29. The maximum Gasteiger partial charge on any atom is 0.407 e. The molecule has 0 aliphatic heterocycles. The van der Waals surface area contributed by atoms with E-state index in [2.05, 4.69) is 11.9 Å². The third kappa shape index (κ3) is 8.08. The van der Waals surface area contributed by atoms with Crippen LogP contribution in [0.4, 0.5) is 4.79 Å². The minimum Gasteiger partial charge on any atom is -0.444 e. The molecule has 0 aromatic carbocycles. The summed E-state index contributed by atoms with van der Waals surface area (Å²) in [4.78, 5) is 11.3. The van der Waals surface area contributed by atoms with Gasteiger partial charge < -0.3 is 10.1 Å². The van der Waals surface area contributed by atoms with E-state index in [0.717, 1.165) is 6.26 Å². The lowest BCUT2D eigenvalue weighted by Crippen LogP contribution is -2.40. The van der Waals surface area contributed by atoms with Gasteiger partial charge in [-0.2, -0.15) is 4.31 Å². The van der Waals surface area contributed by atoms with Gasteiger partial charge in [0, 0.05) is 19.6 Å². The Morgan fingerprint density at radius 3 is 2.39 bits per heavy atom. The molecule has 106 valence electrons. The molecule has 0 radical (unpaired) electrons. The van der Waals surface area contributed by atoms with Gasteiger partial charge in [0.2, 0.25) is 10.0 Å². The van der Waals surface area contributed by atoms with Crippen LogP contribution in [0.3, 0.4) is 0 Å². The summed E-state index contributed by atoms with van der Waals surface area (Å²) in [7, 11) is -3.29. The zero-order valence-electron chi connectivity index (χ0n) is 11.4. The summed E-state index contributed by atoms with van der Waals surface area (Å²) in [6.07, 6.45) is 2.05. The summed E-state index contributed by atoms with van der Waals surface area (Å²) in [6, 6.07) is 0. The molecule has 1 N–H and O–H groups in total. The molecule has 0 bridgehead atoms. The Kier molecular flexibility index (Phi) is 6.34. The molecule has 0 rings (SSSR count). The van der Waals surface area contributed by atoms with Crippen LogP contribution >= 0.6 is 0 Å². The molecule has 0 heterocycles. The van der Waals surface area contributed by atoms with E-state index in [1.165, 1.54) is 10.4 Å². The average molecular weight is 278 g/mol. The first-order valence-electron chi connectivity index (χ1n) is 5.59. The first-order chi connectivity index (χ1) is 8.06. The van der Waals surface area contributed by atoms with Gasteiger partial charge in [0.15, 0.2) is 0 Å². The number of rotatable bonds is 6. The monoisotopic (exact) mass is 278 g/mol. The molecule has 0 aliphatic rings. The van der Waals surface area contributed by atoms with Gasteiger partial charge in [-0.1, -0.05) is 6.08 Å². The molecule has 0 atom stereocenters. The molecule has 0 saturated carbocycles. The zero-order chi connectivity index (χ0) is 14.4. The number of amides is 1. The maximum absolute atomic E-state index is 11.4. The van der Waals surface area contributed by atoms with Crippen molar-refractivity contribution in [2.75, 3.05) is 25.9 Å². The average Bonchev–Trinajstić information content (AvgIpc) is 2.11. The Labute approximate surface area is 109 Å². The zero-order valence-corrected chi connectivity index (χ0v) is 12.2. The smallest absolute Gasteiger partial charge is 0.407 e. The molecule has 18 heavy (non-hydrogen) atoms. The molecule has 6 nitrogen and oxygen atoms in total. The third-order valence-electron chi connectivity index (χ3n) is 1.83. The van der Waals surface area contributed by atoms with Gasteiger partial charge in [-0.25, -0.2) is 13.2 Å². The highest BCUT2D eigenvalue weighted by atomic mass is 32.2. The molecule has 0 saturated heterocycles. The van der Waals surface area contributed by atoms with Gasteiger partial charge in [-0.3, -0.25) is 0 Å². The third-order valence-corrected chi connectivity index (χ3v) is 3.10. The van der Waals surface area contributed by atoms with E-state index < -0.39 is 21.7 Å². The summed E-state index contributed by atoms with van der Waals surface area (Å²) >= 11 is 0. The fourth-order valence-corrected chi connectivity index (χ4v) is 1.93. The molecule has 0 aromatic rings. The van der Waals surface area contributed by atoms with Crippen molar-refractivity contribution in [1.29, 1.82) is 0 Å². The second-order valence-corrected chi connectivity index (χ2v) is 6.82. The minimum absolute atomic E-state index is 0.185. The number of ether oxygens (including phenoxy) is 1. The Balaban J connectivity index is 4.16. The maximum atomic E-state index is 11.4. The van der Waals surface area contributed by atoms with Crippen LogP contribution in [0.2, 0.25) is 0 Å². The Morgan fingerprint density at radius 1 is 1.44 bits per heavy atom. The van der Waals surface area contributed by atoms with Gasteiger partial charge in [0.1, 0.15) is 5.60 Å². The van der Waals surface area contributed by atoms with Crippen LogP contribution < -0.4 is 5.32 Å². The van der Waals surface area contributed by atoms with Crippen molar-refractivity contribution in [2.24, 2.45) is 0 Å². The van der Waals surface area contributed by atoms with Crippen LogP contribution in [-0.2, 0) is 14.8 Å². The van der Waals surface area contributed by atoms with Crippen molar-refractivity contribution in [1.82, 2.24) is 9.62 Å². The van der Waals surface area contributed by atoms with E-state index >= 15 is 0 Å². The van der Waals surface area contributed by atoms with Gasteiger partial charge in [0.25, 0.3) is 0 Å². The van der Waals surface area contributed by atoms with Crippen molar-refractivity contribution < 1.29 is 17.9 Å². The molecule has 7 heteroatoms. The first-order valence-corrected chi connectivity index (χ1v) is 7.44. The molecule has 0 aliphatic carbocycles. The topological polar surface area (TPSA) is 75.7 Å². The molecule has 0 spiro atoms. The number of nitrogens with zero attached hydrogens (tertiary/aromatic N) is 1. The van der Waals surface area contributed by atoms with Gasteiger partial charge in [-0.05, 0) is 20.8 Å². The normalized spacial score (nSPS) is 12.3. The van der Waals surface area contributed by atoms with Crippen LogP contribution in [-0.4, -0.2) is 50.3 Å². The van der Waals surface area contributed by atoms with E-state index in [4.69, 9.17) is 4.74 Å². The van der Waals surface area contributed by atoms with E-state index in [1.54, 1.807) is 20.8 Å². The Morgan fingerprint density at radius 2 is 2.00 bits per heavy atom. The second-order valence-electron chi connectivity index (χ2n) is 4.84. The van der Waals surface area contributed by atoms with Crippen LogP contribution in [0.1, 0.15) is 20.8 Å². The Bertz CT molecular complexity index is 384. The van der Waals surface area contributed by atoms with Crippen molar-refractivity contribution in [2.45, 2.75) is 26.4 Å². The lowest BCUT2D eigenvalue weighted by Gasteiger charge is -2.21. The number of hydrogen-bond acceptors (Lipinski definition) is 4. The van der Waals surface area contributed by atoms with Crippen LogP contribution in [0.25, 0.3) is 0 Å². The molecule has 0 fully saturated rings. The lowest BCUT2D eigenvalue weighted by molar-refractivity contribution is 0.0526. The van der Waals surface area contributed by atoms with E-state index in [0.29, 0.717) is 0 Å². The second kappa shape index (κ2) is 6.75. The van der Waals surface area contributed by atoms with Gasteiger partial charge in [0.05, 0.1) is 6.26 Å². The summed E-state index contributed by atoms with van der Waals surface area (Å²) in [5.41, 5.74) is -0.568. The van der Waals surface area contributed by atoms with E-state index in [1.807, 2.05) is 0 Å². The predicted molar refractivity (Wildman–Crippen MR) is 70.9 cm³/mol. The standard InChI is InChI=1S/C11H22N2O4S/c1-6-8-13(18(5,15)16)9-7-12-10(14)17-11(2,3)4/h6H,1,7-9H2,2-5H3,(H,12,14). The van der Waals surface area contributed by atoms with Crippen molar-refractivity contribution in [3.8, 4) is 0 Å². The van der Waals surface area contributed by atoms with Crippen molar-refractivity contribution in [3.05, 3.63) is 12.7 Å². The number of carbonyl (C=O) groups is 1. The van der Waals surface area contributed by atoms with Gasteiger partial charge in [-0.15, -0.1) is 6.58 Å². The van der Waals surface area contributed by atoms with Crippen LogP contribution in [0.5, 0.6) is 0 Å². The summed E-state index contributed by atoms with van der Waals surface area (Å²) in [5.74, 6) is 0. The molecular formula is C11H22N2O4S. The number of nitrogens with one attached hydrogen (secondary N) is 1. The highest BCUT2D eigenvalue weighted by Crippen LogP contribution is 2.06. The highest BCUT2D eigenvalue weighted by Gasteiger charge is 2.17. The van der Waals surface area contributed by atoms with Crippen molar-refractivity contribution in [3.63, 3.8) is 0 Å². The number of sulfonamides is 1. The van der Waals surface area contributed by atoms with E-state index in [9.17, 15) is 13.2 Å². The van der Waals surface area contributed by atoms with E-state index in [-0.39, 0.29) is 19.6 Å². The summed E-state index contributed by atoms with van der Waals surface area (Å²) in [6.45, 7) is 9.35. The van der Waals surface area contributed by atoms with Crippen LogP contribution in [0.15, 0.2) is 12.7 Å². The Hall–Kier alpha value is -1.08. The fourth-order valence-electron chi connectivity index (χ4n) is 1.13. The quantitative estimate of drug-likeness (QED) is 0.734. The molecule has 0 aromatic heterocycles. The van der Waals surface area contributed by atoms with Gasteiger partial charge >= 0.3 is 6.09 Å². The summed E-state index contributed by atoms with van der Waals surface area (Å²) < 4.78 is 29.0. The molecule has 0 unspecified atom stereocenters. The SMILES string of the molecule is C=CCN(CCNC(=O)OC(C)(C)C)S(C)(=O)=O. The van der Waals surface area contributed by atoms with Crippen LogP contribution in [0, 0.1) is 0 Å². The first kappa shape index (κ1) is 16.9. The summed E-state index contributed by atoms with van der Waals surface area (Å²) in [5, 5.41) is 2.50. The highest BCUT2D eigenvalue weighted by molar-refractivity contribution is 7.88. The fraction of sp³-hybridized carbons (Fsp3) is 0.727. The number of hydrogen-bond donors (Lipinski definition) is 1. The van der Waals surface area contributed by atoms with Crippen molar-refractivity contribution >= 4 is 16.1 Å².